The van der Waals surface area contributed by atoms with Gasteiger partial charge in [0.25, 0.3) is 0 Å². The van der Waals surface area contributed by atoms with Crippen LogP contribution in [0.15, 0.2) is 24.5 Å². The van der Waals surface area contributed by atoms with Crippen LogP contribution in [0.3, 0.4) is 0 Å². The van der Waals surface area contributed by atoms with Gasteiger partial charge in [0.05, 0.1) is 5.54 Å². The van der Waals surface area contributed by atoms with Crippen molar-refractivity contribution < 1.29 is 4.79 Å². The third kappa shape index (κ3) is 3.02. The molecule has 3 rings (SSSR count). The zero-order chi connectivity index (χ0) is 15.6. The molecule has 1 atom stereocenters. The van der Waals surface area contributed by atoms with E-state index in [4.69, 9.17) is 0 Å². The molecule has 1 amide bonds. The molecule has 120 valence electrons. The number of likely N-dealkylation sites (tertiary alicyclic amines) is 2. The van der Waals surface area contributed by atoms with E-state index in [0.29, 0.717) is 5.91 Å². The average Bonchev–Trinajstić information content (AvgIpc) is 2.90. The van der Waals surface area contributed by atoms with Gasteiger partial charge in [0, 0.05) is 37.9 Å². The largest absolute Gasteiger partial charge is 0.336 e. The highest BCUT2D eigenvalue weighted by Gasteiger charge is 2.46. The van der Waals surface area contributed by atoms with Gasteiger partial charge in [-0.2, -0.15) is 0 Å². The fraction of sp³-hybridized carbons (Fsp3) is 0.667. The molecule has 22 heavy (non-hydrogen) atoms. The second kappa shape index (κ2) is 6.37. The fourth-order valence-electron chi connectivity index (χ4n) is 4.11. The van der Waals surface area contributed by atoms with Crippen LogP contribution < -0.4 is 0 Å². The number of rotatable bonds is 3. The zero-order valence-electron chi connectivity index (χ0n) is 13.8. The molecule has 0 bridgehead atoms. The van der Waals surface area contributed by atoms with E-state index in [1.165, 1.54) is 12.0 Å². The van der Waals surface area contributed by atoms with Crippen LogP contribution in [0.4, 0.5) is 0 Å². The Morgan fingerprint density at radius 2 is 2.09 bits per heavy atom. The number of carbonyl (C=O) groups is 1. The third-order valence-corrected chi connectivity index (χ3v) is 5.12. The second-order valence-electron chi connectivity index (χ2n) is 7.15. The maximum absolute atomic E-state index is 12.6. The number of nitrogens with zero attached hydrogens (tertiary/aromatic N) is 3. The Morgan fingerprint density at radius 3 is 2.77 bits per heavy atom. The number of carbonyl (C=O) groups excluding carboxylic acids is 1. The van der Waals surface area contributed by atoms with Crippen molar-refractivity contribution in [2.45, 2.75) is 51.6 Å². The number of piperidine rings is 1. The number of aromatic nitrogens is 1. The molecule has 1 spiro atoms. The first-order valence-corrected chi connectivity index (χ1v) is 8.53. The van der Waals surface area contributed by atoms with E-state index in [0.717, 1.165) is 45.4 Å². The SMILES string of the molecule is CC(C)C(=O)N1CCC[C@]12CCCN(Cc1cccnc1)C2. The molecule has 0 saturated carbocycles. The van der Waals surface area contributed by atoms with E-state index in [1.54, 1.807) is 0 Å². The van der Waals surface area contributed by atoms with Gasteiger partial charge in [0.15, 0.2) is 0 Å². The molecule has 2 aliphatic rings. The van der Waals surface area contributed by atoms with E-state index in [9.17, 15) is 4.79 Å². The highest BCUT2D eigenvalue weighted by Crippen LogP contribution is 2.38. The first-order chi connectivity index (χ1) is 10.6. The van der Waals surface area contributed by atoms with E-state index in [1.807, 2.05) is 32.3 Å². The summed E-state index contributed by atoms with van der Waals surface area (Å²) < 4.78 is 0. The lowest BCUT2D eigenvalue weighted by Gasteiger charge is -2.46. The maximum Gasteiger partial charge on any atom is 0.225 e. The van der Waals surface area contributed by atoms with Gasteiger partial charge in [-0.3, -0.25) is 14.7 Å². The van der Waals surface area contributed by atoms with Crippen molar-refractivity contribution in [3.8, 4) is 0 Å². The molecular formula is C18H27N3O. The summed E-state index contributed by atoms with van der Waals surface area (Å²) in [5, 5.41) is 0. The van der Waals surface area contributed by atoms with Crippen LogP contribution in [0.2, 0.25) is 0 Å². The van der Waals surface area contributed by atoms with Gasteiger partial charge < -0.3 is 4.90 Å². The molecule has 1 aromatic rings. The van der Waals surface area contributed by atoms with E-state index >= 15 is 0 Å². The van der Waals surface area contributed by atoms with Crippen molar-refractivity contribution >= 4 is 5.91 Å². The lowest BCUT2D eigenvalue weighted by Crippen LogP contribution is -2.57. The van der Waals surface area contributed by atoms with E-state index < -0.39 is 0 Å². The van der Waals surface area contributed by atoms with Crippen LogP contribution in [0.5, 0.6) is 0 Å². The predicted octanol–water partition coefficient (Wildman–Crippen LogP) is 2.69. The molecule has 2 aliphatic heterocycles. The van der Waals surface area contributed by atoms with Crippen molar-refractivity contribution in [1.82, 2.24) is 14.8 Å². The first-order valence-electron chi connectivity index (χ1n) is 8.53. The van der Waals surface area contributed by atoms with Crippen molar-refractivity contribution in [3.05, 3.63) is 30.1 Å². The Labute approximate surface area is 133 Å². The number of hydrogen-bond donors (Lipinski definition) is 0. The normalized spacial score (nSPS) is 26.0. The molecule has 2 saturated heterocycles. The van der Waals surface area contributed by atoms with Gasteiger partial charge in [0.1, 0.15) is 0 Å². The van der Waals surface area contributed by atoms with Crippen molar-refractivity contribution in [1.29, 1.82) is 0 Å². The first kappa shape index (κ1) is 15.5. The molecule has 3 heterocycles. The molecule has 0 aromatic carbocycles. The monoisotopic (exact) mass is 301 g/mol. The fourth-order valence-corrected chi connectivity index (χ4v) is 4.11. The summed E-state index contributed by atoms with van der Waals surface area (Å²) >= 11 is 0. The lowest BCUT2D eigenvalue weighted by atomic mass is 9.85. The van der Waals surface area contributed by atoms with E-state index in [2.05, 4.69) is 20.9 Å². The summed E-state index contributed by atoms with van der Waals surface area (Å²) in [4.78, 5) is 21.5. The summed E-state index contributed by atoms with van der Waals surface area (Å²) in [7, 11) is 0. The Morgan fingerprint density at radius 1 is 1.32 bits per heavy atom. The Hall–Kier alpha value is -1.42. The molecule has 0 aliphatic carbocycles. The lowest BCUT2D eigenvalue weighted by molar-refractivity contribution is -0.140. The summed E-state index contributed by atoms with van der Waals surface area (Å²) in [5.41, 5.74) is 1.35. The van der Waals surface area contributed by atoms with Gasteiger partial charge in [-0.05, 0) is 43.9 Å². The highest BCUT2D eigenvalue weighted by atomic mass is 16.2. The van der Waals surface area contributed by atoms with Crippen molar-refractivity contribution in [2.24, 2.45) is 5.92 Å². The molecule has 0 N–H and O–H groups in total. The predicted molar refractivity (Wildman–Crippen MR) is 87.3 cm³/mol. The summed E-state index contributed by atoms with van der Waals surface area (Å²) in [6.45, 7) is 8.06. The minimum Gasteiger partial charge on any atom is -0.336 e. The van der Waals surface area contributed by atoms with Crippen LogP contribution in [0, 0.1) is 5.92 Å². The molecule has 0 radical (unpaired) electrons. The van der Waals surface area contributed by atoms with Gasteiger partial charge in [-0.25, -0.2) is 0 Å². The molecule has 0 unspecified atom stereocenters. The molecule has 1 aromatic heterocycles. The van der Waals surface area contributed by atoms with E-state index in [-0.39, 0.29) is 11.5 Å². The van der Waals surface area contributed by atoms with Gasteiger partial charge in [-0.1, -0.05) is 19.9 Å². The van der Waals surface area contributed by atoms with Crippen LogP contribution >= 0.6 is 0 Å². The highest BCUT2D eigenvalue weighted by molar-refractivity contribution is 5.79. The van der Waals surface area contributed by atoms with Gasteiger partial charge >= 0.3 is 0 Å². The Kier molecular flexibility index (Phi) is 4.48. The van der Waals surface area contributed by atoms with Crippen molar-refractivity contribution in [3.63, 3.8) is 0 Å². The smallest absolute Gasteiger partial charge is 0.225 e. The molecule has 2 fully saturated rings. The van der Waals surface area contributed by atoms with Gasteiger partial charge in [-0.15, -0.1) is 0 Å². The molecule has 4 nitrogen and oxygen atoms in total. The van der Waals surface area contributed by atoms with Crippen LogP contribution in [-0.2, 0) is 11.3 Å². The van der Waals surface area contributed by atoms with Gasteiger partial charge in [0.2, 0.25) is 5.91 Å². The molecule has 4 heteroatoms. The number of amides is 1. The number of hydrogen-bond acceptors (Lipinski definition) is 3. The minimum atomic E-state index is 0.0851. The summed E-state index contributed by atoms with van der Waals surface area (Å²) in [6.07, 6.45) is 8.43. The Balaban J connectivity index is 1.72. The molecular weight excluding hydrogens is 274 g/mol. The van der Waals surface area contributed by atoms with Crippen LogP contribution in [0.25, 0.3) is 0 Å². The Bertz CT molecular complexity index is 516. The summed E-state index contributed by atoms with van der Waals surface area (Å²) in [6, 6.07) is 4.14. The number of pyridine rings is 1. The van der Waals surface area contributed by atoms with Crippen molar-refractivity contribution in [2.75, 3.05) is 19.6 Å². The maximum atomic E-state index is 12.6. The standard InChI is InChI=1S/C18H27N3O/c1-15(2)17(22)21-11-5-8-18(21)7-4-10-20(14-18)13-16-6-3-9-19-12-16/h3,6,9,12,15H,4-5,7-8,10-11,13-14H2,1-2H3/t18-/m0/s1. The topological polar surface area (TPSA) is 36.4 Å². The minimum absolute atomic E-state index is 0.0851. The third-order valence-electron chi connectivity index (χ3n) is 5.12. The second-order valence-corrected chi connectivity index (χ2v) is 7.15. The quantitative estimate of drug-likeness (QED) is 0.861. The van der Waals surface area contributed by atoms with Crippen LogP contribution in [-0.4, -0.2) is 45.9 Å². The van der Waals surface area contributed by atoms with Crippen LogP contribution in [0.1, 0.15) is 45.1 Å². The average molecular weight is 301 g/mol. The zero-order valence-corrected chi connectivity index (χ0v) is 13.8. The summed E-state index contributed by atoms with van der Waals surface area (Å²) in [5.74, 6) is 0.435.